The number of nitrogens with zero attached hydrogens (tertiary/aromatic N) is 4. The predicted octanol–water partition coefficient (Wildman–Crippen LogP) is 3.42. The van der Waals surface area contributed by atoms with Gasteiger partial charge in [-0.25, -0.2) is 4.99 Å². The Morgan fingerprint density at radius 2 is 2.19 bits per heavy atom. The van der Waals surface area contributed by atoms with Crippen LogP contribution in [0.2, 0.25) is 5.02 Å². The van der Waals surface area contributed by atoms with Crippen LogP contribution in [0.1, 0.15) is 26.7 Å². The lowest BCUT2D eigenvalue weighted by atomic mass is 10.2. The highest BCUT2D eigenvalue weighted by atomic mass is 127. The van der Waals surface area contributed by atoms with Crippen LogP contribution in [0.15, 0.2) is 33.8 Å². The highest BCUT2D eigenvalue weighted by Crippen LogP contribution is 2.20. The number of halogens is 2. The van der Waals surface area contributed by atoms with Gasteiger partial charge in [-0.2, -0.15) is 4.98 Å². The van der Waals surface area contributed by atoms with Crippen molar-refractivity contribution in [2.75, 3.05) is 39.3 Å². The molecule has 31 heavy (non-hydrogen) atoms. The first-order valence-corrected chi connectivity index (χ1v) is 10.9. The first kappa shape index (κ1) is 25.8. The lowest BCUT2D eigenvalue weighted by Crippen LogP contribution is -2.50. The van der Waals surface area contributed by atoms with Crippen LogP contribution in [0.3, 0.4) is 0 Å². The monoisotopic (exact) mass is 562 g/mol. The molecule has 1 unspecified atom stereocenters. The molecule has 2 N–H and O–H groups in total. The standard InChI is InChI=1S/C21H31ClN6O2.HI/c1-4-23-21(24-11-18-14-28(8-9-29-18)13-15(2)3)25-12-19-26-20(27-30-19)16-6-5-7-17(22)10-16;/h5-7,10,15,18H,4,8-9,11-14H2,1-3H3,(H2,23,24,25);1H. The van der Waals surface area contributed by atoms with Crippen LogP contribution in [0.25, 0.3) is 11.4 Å². The fraction of sp³-hybridized carbons (Fsp3) is 0.571. The quantitative estimate of drug-likeness (QED) is 0.290. The largest absolute Gasteiger partial charge is 0.374 e. The topological polar surface area (TPSA) is 87.8 Å². The summed E-state index contributed by atoms with van der Waals surface area (Å²) >= 11 is 6.03. The number of aliphatic imine (C=N–C) groups is 1. The Bertz CT molecular complexity index is 832. The maximum Gasteiger partial charge on any atom is 0.248 e. The minimum absolute atomic E-state index is 0. The third kappa shape index (κ3) is 8.55. The molecular weight excluding hydrogens is 531 g/mol. The molecule has 0 amide bonds. The second-order valence-electron chi connectivity index (χ2n) is 7.74. The normalized spacial score (nSPS) is 17.5. The summed E-state index contributed by atoms with van der Waals surface area (Å²) in [6.45, 7) is 12.0. The summed E-state index contributed by atoms with van der Waals surface area (Å²) < 4.78 is 11.2. The van der Waals surface area contributed by atoms with Gasteiger partial charge in [0.2, 0.25) is 11.7 Å². The van der Waals surface area contributed by atoms with Gasteiger partial charge in [-0.15, -0.1) is 24.0 Å². The number of rotatable bonds is 8. The van der Waals surface area contributed by atoms with E-state index in [1.54, 1.807) is 6.07 Å². The number of hydrogen-bond donors (Lipinski definition) is 2. The number of nitrogens with one attached hydrogen (secondary N) is 2. The summed E-state index contributed by atoms with van der Waals surface area (Å²) in [5, 5.41) is 11.3. The van der Waals surface area contributed by atoms with Gasteiger partial charge in [-0.05, 0) is 25.0 Å². The van der Waals surface area contributed by atoms with Gasteiger partial charge in [0.05, 0.1) is 12.7 Å². The first-order chi connectivity index (χ1) is 14.5. The lowest BCUT2D eigenvalue weighted by Gasteiger charge is -2.34. The third-order valence-corrected chi connectivity index (χ3v) is 4.85. The average molecular weight is 563 g/mol. The Morgan fingerprint density at radius 1 is 1.35 bits per heavy atom. The summed E-state index contributed by atoms with van der Waals surface area (Å²) in [6, 6.07) is 7.36. The van der Waals surface area contributed by atoms with Gasteiger partial charge < -0.3 is 19.9 Å². The zero-order chi connectivity index (χ0) is 21.3. The van der Waals surface area contributed by atoms with E-state index < -0.39 is 0 Å². The molecule has 0 bridgehead atoms. The van der Waals surface area contributed by atoms with Crippen molar-refractivity contribution in [2.45, 2.75) is 33.4 Å². The maximum absolute atomic E-state index is 6.03. The summed E-state index contributed by atoms with van der Waals surface area (Å²) in [5.74, 6) is 2.30. The van der Waals surface area contributed by atoms with Crippen molar-refractivity contribution in [3.05, 3.63) is 35.2 Å². The fourth-order valence-electron chi connectivity index (χ4n) is 3.35. The maximum atomic E-state index is 6.03. The number of aromatic nitrogens is 2. The van der Waals surface area contributed by atoms with E-state index in [1.807, 2.05) is 25.1 Å². The summed E-state index contributed by atoms with van der Waals surface area (Å²) in [5.41, 5.74) is 0.812. The zero-order valence-corrected chi connectivity index (χ0v) is 21.4. The summed E-state index contributed by atoms with van der Waals surface area (Å²) in [7, 11) is 0. The predicted molar refractivity (Wildman–Crippen MR) is 134 cm³/mol. The van der Waals surface area contributed by atoms with Crippen molar-refractivity contribution in [1.82, 2.24) is 25.7 Å². The molecule has 172 valence electrons. The third-order valence-electron chi connectivity index (χ3n) is 4.61. The first-order valence-electron chi connectivity index (χ1n) is 10.5. The molecule has 2 heterocycles. The van der Waals surface area contributed by atoms with E-state index in [0.717, 1.165) is 38.3 Å². The van der Waals surface area contributed by atoms with Gasteiger partial charge in [0.25, 0.3) is 0 Å². The molecule has 0 radical (unpaired) electrons. The van der Waals surface area contributed by atoms with Crippen LogP contribution in [0, 0.1) is 5.92 Å². The van der Waals surface area contributed by atoms with Crippen molar-refractivity contribution in [2.24, 2.45) is 10.9 Å². The second kappa shape index (κ2) is 13.2. The average Bonchev–Trinajstić information content (AvgIpc) is 3.19. The van der Waals surface area contributed by atoms with Crippen LogP contribution in [0.4, 0.5) is 0 Å². The van der Waals surface area contributed by atoms with E-state index in [4.69, 9.17) is 20.9 Å². The van der Waals surface area contributed by atoms with Gasteiger partial charge in [0, 0.05) is 43.3 Å². The molecule has 10 heteroatoms. The van der Waals surface area contributed by atoms with Gasteiger partial charge in [-0.3, -0.25) is 4.90 Å². The zero-order valence-electron chi connectivity index (χ0n) is 18.3. The van der Waals surface area contributed by atoms with Crippen LogP contribution >= 0.6 is 35.6 Å². The van der Waals surface area contributed by atoms with E-state index in [9.17, 15) is 0 Å². The van der Waals surface area contributed by atoms with Crippen molar-refractivity contribution >= 4 is 41.5 Å². The fourth-order valence-corrected chi connectivity index (χ4v) is 3.54. The number of guanidine groups is 1. The molecule has 3 rings (SSSR count). The minimum Gasteiger partial charge on any atom is -0.374 e. The van der Waals surface area contributed by atoms with Crippen molar-refractivity contribution in [1.29, 1.82) is 0 Å². The van der Waals surface area contributed by atoms with Crippen molar-refractivity contribution in [3.8, 4) is 11.4 Å². The molecule has 1 aliphatic heterocycles. The minimum atomic E-state index is 0. The Morgan fingerprint density at radius 3 is 2.94 bits per heavy atom. The second-order valence-corrected chi connectivity index (χ2v) is 8.18. The smallest absolute Gasteiger partial charge is 0.248 e. The molecule has 1 atom stereocenters. The molecule has 0 aliphatic carbocycles. The highest BCUT2D eigenvalue weighted by molar-refractivity contribution is 14.0. The lowest BCUT2D eigenvalue weighted by molar-refractivity contribution is -0.0284. The van der Waals surface area contributed by atoms with Gasteiger partial charge in [0.1, 0.15) is 6.54 Å². The van der Waals surface area contributed by atoms with Crippen LogP contribution in [0.5, 0.6) is 0 Å². The van der Waals surface area contributed by atoms with Crippen LogP contribution in [-0.2, 0) is 11.3 Å². The molecular formula is C21H32ClIN6O2. The van der Waals surface area contributed by atoms with Crippen molar-refractivity contribution < 1.29 is 9.26 Å². The Kier molecular flexibility index (Phi) is 11.0. The highest BCUT2D eigenvalue weighted by Gasteiger charge is 2.21. The van der Waals surface area contributed by atoms with E-state index in [2.05, 4.69) is 44.5 Å². The Labute approximate surface area is 206 Å². The van der Waals surface area contributed by atoms with Crippen LogP contribution < -0.4 is 10.6 Å². The molecule has 2 aromatic rings. The van der Waals surface area contributed by atoms with Gasteiger partial charge in [-0.1, -0.05) is 42.7 Å². The number of ether oxygens (including phenoxy) is 1. The Balaban J connectivity index is 0.00000341. The number of hydrogen-bond acceptors (Lipinski definition) is 6. The molecule has 1 fully saturated rings. The molecule has 1 aromatic heterocycles. The Hall–Kier alpha value is -1.43. The van der Waals surface area contributed by atoms with E-state index in [-0.39, 0.29) is 36.6 Å². The van der Waals surface area contributed by atoms with Crippen LogP contribution in [-0.4, -0.2) is 66.4 Å². The SMILES string of the molecule is CCNC(=NCc1nc(-c2cccc(Cl)c2)no1)NCC1CN(CC(C)C)CCO1.I. The number of morpholine rings is 1. The van der Waals surface area contributed by atoms with Gasteiger partial charge in [0.15, 0.2) is 5.96 Å². The van der Waals surface area contributed by atoms with E-state index in [1.165, 1.54) is 0 Å². The molecule has 0 spiro atoms. The molecule has 1 aliphatic rings. The molecule has 8 nitrogen and oxygen atoms in total. The molecule has 0 saturated carbocycles. The number of benzene rings is 1. The van der Waals surface area contributed by atoms with E-state index >= 15 is 0 Å². The van der Waals surface area contributed by atoms with Crippen molar-refractivity contribution in [3.63, 3.8) is 0 Å². The summed E-state index contributed by atoms with van der Waals surface area (Å²) in [6.07, 6.45) is 0.138. The van der Waals surface area contributed by atoms with E-state index in [0.29, 0.717) is 35.2 Å². The summed E-state index contributed by atoms with van der Waals surface area (Å²) in [4.78, 5) is 11.4. The van der Waals surface area contributed by atoms with Gasteiger partial charge >= 0.3 is 0 Å². The molecule has 1 aromatic carbocycles. The molecule has 1 saturated heterocycles.